The molecule has 0 N–H and O–H groups in total. The molecule has 3 aromatic heterocycles. The van der Waals surface area contributed by atoms with Crippen LogP contribution < -0.4 is 0 Å². The van der Waals surface area contributed by atoms with Crippen molar-refractivity contribution >= 4 is 49.3 Å². The standard InChI is InChI=1S/C68H64N6/c1-65(2,3)45-28-33-55-49(38-45)50-39-46(66(4,5)6)29-34-56(50)73(55)59-32-27-44(64-71-62(42-21-16-14-17-22-42)70-63(72-64)43-23-18-15-19-24-43)37-53(59)61-54(69-13)25-20-26-60(61)74-57-35-30-47(67(7,8)9)40-51(57)52-41-48(68(10,11)12)31-36-58(52)74/h14-41H,1-12H3. The van der Waals surface area contributed by atoms with E-state index in [-0.39, 0.29) is 21.7 Å². The summed E-state index contributed by atoms with van der Waals surface area (Å²) < 4.78 is 4.81. The van der Waals surface area contributed by atoms with Crippen molar-refractivity contribution in [2.24, 2.45) is 0 Å². The van der Waals surface area contributed by atoms with Crippen molar-refractivity contribution in [2.45, 2.75) is 105 Å². The van der Waals surface area contributed by atoms with Crippen molar-refractivity contribution in [3.63, 3.8) is 0 Å². The molecule has 6 heteroatoms. The number of aromatic nitrogens is 5. The third-order valence-electron chi connectivity index (χ3n) is 14.8. The van der Waals surface area contributed by atoms with Crippen LogP contribution in [0.2, 0.25) is 0 Å². The summed E-state index contributed by atoms with van der Waals surface area (Å²) in [6.07, 6.45) is 0. The quantitative estimate of drug-likeness (QED) is 0.156. The number of hydrogen-bond acceptors (Lipinski definition) is 3. The summed E-state index contributed by atoms with van der Waals surface area (Å²) in [6, 6.07) is 60.8. The minimum absolute atomic E-state index is 0.0614. The summed E-state index contributed by atoms with van der Waals surface area (Å²) >= 11 is 0. The maximum Gasteiger partial charge on any atom is 0.197 e. The van der Waals surface area contributed by atoms with E-state index in [0.717, 1.165) is 61.3 Å². The van der Waals surface area contributed by atoms with Gasteiger partial charge < -0.3 is 9.13 Å². The molecule has 74 heavy (non-hydrogen) atoms. The first kappa shape index (κ1) is 48.1. The Morgan fingerprint density at radius 2 is 0.716 bits per heavy atom. The molecule has 0 saturated carbocycles. The lowest BCUT2D eigenvalue weighted by Gasteiger charge is -2.22. The van der Waals surface area contributed by atoms with Crippen LogP contribution in [-0.4, -0.2) is 24.1 Å². The van der Waals surface area contributed by atoms with Gasteiger partial charge in [-0.3, -0.25) is 0 Å². The Kier molecular flexibility index (Phi) is 11.4. The van der Waals surface area contributed by atoms with Gasteiger partial charge in [0.25, 0.3) is 0 Å². The molecule has 0 atom stereocenters. The molecule has 0 aliphatic heterocycles. The van der Waals surface area contributed by atoms with Crippen LogP contribution in [0, 0.1) is 6.57 Å². The van der Waals surface area contributed by atoms with E-state index in [0.29, 0.717) is 23.2 Å². The van der Waals surface area contributed by atoms with Crippen molar-refractivity contribution in [1.82, 2.24) is 24.1 Å². The zero-order valence-corrected chi connectivity index (χ0v) is 44.8. The SMILES string of the molecule is [C-]#[N+]c1cccc(-n2c3ccc(C(C)(C)C)cc3c3cc(C(C)(C)C)ccc32)c1-c1cc(-c2nc(-c3ccccc3)nc(-c3ccccc3)n2)ccc1-n1c2ccc(C(C)(C)C)cc2c2cc(C(C)(C)C)ccc21. The minimum Gasteiger partial charge on any atom is -0.310 e. The van der Waals surface area contributed by atoms with Gasteiger partial charge >= 0.3 is 0 Å². The summed E-state index contributed by atoms with van der Waals surface area (Å²) in [5, 5.41) is 4.75. The Labute approximate surface area is 436 Å². The van der Waals surface area contributed by atoms with Gasteiger partial charge in [0.05, 0.1) is 34.3 Å². The molecule has 0 aliphatic rings. The Bertz CT molecular complexity index is 3840. The van der Waals surface area contributed by atoms with E-state index in [1.54, 1.807) is 0 Å². The second-order valence-corrected chi connectivity index (χ2v) is 24.2. The molecule has 0 aliphatic carbocycles. The molecule has 6 nitrogen and oxygen atoms in total. The van der Waals surface area contributed by atoms with Crippen LogP contribution in [0.25, 0.3) is 105 Å². The lowest BCUT2D eigenvalue weighted by molar-refractivity contribution is 0.590. The van der Waals surface area contributed by atoms with E-state index in [9.17, 15) is 0 Å². The molecule has 11 rings (SSSR count). The van der Waals surface area contributed by atoms with Gasteiger partial charge in [-0.2, -0.15) is 0 Å². The second-order valence-electron chi connectivity index (χ2n) is 24.2. The molecule has 366 valence electrons. The Balaban J connectivity index is 1.28. The predicted molar refractivity (Wildman–Crippen MR) is 311 cm³/mol. The molecule has 0 fully saturated rings. The second kappa shape index (κ2) is 17.5. The van der Waals surface area contributed by atoms with Gasteiger partial charge in [0.2, 0.25) is 0 Å². The molecule has 0 amide bonds. The third-order valence-corrected chi connectivity index (χ3v) is 14.8. The monoisotopic (exact) mass is 965 g/mol. The summed E-state index contributed by atoms with van der Waals surface area (Å²) in [5.74, 6) is 1.72. The Morgan fingerprint density at radius 3 is 1.08 bits per heavy atom. The van der Waals surface area contributed by atoms with E-state index in [1.165, 1.54) is 43.8 Å². The lowest BCUT2D eigenvalue weighted by atomic mass is 9.85. The van der Waals surface area contributed by atoms with Gasteiger partial charge in [-0.05, 0) is 122 Å². The number of benzene rings is 8. The fourth-order valence-electron chi connectivity index (χ4n) is 10.5. The van der Waals surface area contributed by atoms with Crippen molar-refractivity contribution in [3.8, 4) is 56.7 Å². The number of hydrogen-bond donors (Lipinski definition) is 0. The van der Waals surface area contributed by atoms with Crippen LogP contribution in [0.5, 0.6) is 0 Å². The summed E-state index contributed by atoms with van der Waals surface area (Å²) in [6.45, 7) is 36.3. The van der Waals surface area contributed by atoms with Crippen LogP contribution in [0.4, 0.5) is 5.69 Å². The number of fused-ring (bicyclic) bond motifs is 6. The molecular formula is C68H64N6. The van der Waals surface area contributed by atoms with Gasteiger partial charge in [-0.25, -0.2) is 19.8 Å². The van der Waals surface area contributed by atoms with Gasteiger partial charge in [-0.15, -0.1) is 0 Å². The molecule has 0 unspecified atom stereocenters. The third kappa shape index (κ3) is 8.44. The Morgan fingerprint density at radius 1 is 0.351 bits per heavy atom. The predicted octanol–water partition coefficient (Wildman–Crippen LogP) is 18.5. The summed E-state index contributed by atoms with van der Waals surface area (Å²) in [7, 11) is 0. The van der Waals surface area contributed by atoms with Crippen LogP contribution in [0.3, 0.4) is 0 Å². The van der Waals surface area contributed by atoms with E-state index >= 15 is 0 Å². The zero-order valence-electron chi connectivity index (χ0n) is 44.8. The molecule has 8 aromatic carbocycles. The average Bonchev–Trinajstić information content (AvgIpc) is 3.90. The highest BCUT2D eigenvalue weighted by Gasteiger charge is 2.28. The Hall–Kier alpha value is -8.14. The van der Waals surface area contributed by atoms with E-state index in [2.05, 4.69) is 194 Å². The highest BCUT2D eigenvalue weighted by molar-refractivity contribution is 6.13. The molecule has 3 heterocycles. The largest absolute Gasteiger partial charge is 0.310 e. The first-order valence-corrected chi connectivity index (χ1v) is 25.9. The van der Waals surface area contributed by atoms with Crippen molar-refractivity contribution in [3.05, 3.63) is 204 Å². The van der Waals surface area contributed by atoms with E-state index in [1.807, 2.05) is 72.8 Å². The van der Waals surface area contributed by atoms with Crippen LogP contribution in [-0.2, 0) is 21.7 Å². The van der Waals surface area contributed by atoms with Crippen LogP contribution >= 0.6 is 0 Å². The van der Waals surface area contributed by atoms with Crippen LogP contribution in [0.15, 0.2) is 170 Å². The van der Waals surface area contributed by atoms with Crippen molar-refractivity contribution in [1.29, 1.82) is 0 Å². The zero-order chi connectivity index (χ0) is 52.1. The normalized spacial score (nSPS) is 12.6. The molecule has 0 bridgehead atoms. The first-order chi connectivity index (χ1) is 35.2. The topological polar surface area (TPSA) is 52.9 Å². The first-order valence-electron chi connectivity index (χ1n) is 25.9. The molecule has 0 radical (unpaired) electrons. The van der Waals surface area contributed by atoms with Gasteiger partial charge in [0.15, 0.2) is 23.2 Å². The van der Waals surface area contributed by atoms with Gasteiger partial charge in [0.1, 0.15) is 0 Å². The average molecular weight is 965 g/mol. The smallest absolute Gasteiger partial charge is 0.197 e. The van der Waals surface area contributed by atoms with E-state index in [4.69, 9.17) is 21.5 Å². The van der Waals surface area contributed by atoms with Crippen LogP contribution in [0.1, 0.15) is 105 Å². The highest BCUT2D eigenvalue weighted by Crippen LogP contribution is 2.47. The fraction of sp³-hybridized carbons (Fsp3) is 0.235. The van der Waals surface area contributed by atoms with E-state index < -0.39 is 0 Å². The van der Waals surface area contributed by atoms with Crippen molar-refractivity contribution in [2.75, 3.05) is 0 Å². The number of nitrogens with zero attached hydrogens (tertiary/aromatic N) is 6. The maximum absolute atomic E-state index is 8.99. The van der Waals surface area contributed by atoms with Crippen molar-refractivity contribution < 1.29 is 0 Å². The highest BCUT2D eigenvalue weighted by atomic mass is 15.0. The molecule has 0 saturated heterocycles. The molecule has 11 aromatic rings. The fourth-order valence-corrected chi connectivity index (χ4v) is 10.5. The van der Waals surface area contributed by atoms with Gasteiger partial charge in [0, 0.05) is 49.5 Å². The van der Waals surface area contributed by atoms with Gasteiger partial charge in [-0.1, -0.05) is 180 Å². The summed E-state index contributed by atoms with van der Waals surface area (Å²) in [5.41, 5.74) is 15.9. The maximum atomic E-state index is 8.99. The number of rotatable bonds is 6. The minimum atomic E-state index is -0.0636. The summed E-state index contributed by atoms with van der Waals surface area (Å²) in [4.78, 5) is 20.0. The molecular weight excluding hydrogens is 901 g/mol. The molecule has 0 spiro atoms. The lowest BCUT2D eigenvalue weighted by Crippen LogP contribution is -2.10.